The molecule has 106 valence electrons. The van der Waals surface area contributed by atoms with Gasteiger partial charge in [0, 0.05) is 15.9 Å². The SMILES string of the molecule is COc1ccc(Cl)cc1CC(O)c1ccc(F)cc1Br. The second-order valence-corrected chi connectivity index (χ2v) is 5.63. The highest BCUT2D eigenvalue weighted by Gasteiger charge is 2.15. The molecule has 20 heavy (non-hydrogen) atoms. The van der Waals surface area contributed by atoms with Crippen molar-refractivity contribution in [2.75, 3.05) is 7.11 Å². The molecular weight excluding hydrogens is 347 g/mol. The second kappa shape index (κ2) is 6.57. The van der Waals surface area contributed by atoms with Crippen LogP contribution in [-0.4, -0.2) is 12.2 Å². The predicted molar refractivity (Wildman–Crippen MR) is 80.8 cm³/mol. The number of benzene rings is 2. The highest BCUT2D eigenvalue weighted by Crippen LogP contribution is 2.31. The minimum absolute atomic E-state index is 0.327. The van der Waals surface area contributed by atoms with Crippen molar-refractivity contribution in [3.8, 4) is 5.75 Å². The monoisotopic (exact) mass is 358 g/mol. The highest BCUT2D eigenvalue weighted by molar-refractivity contribution is 9.10. The Bertz CT molecular complexity index is 619. The summed E-state index contributed by atoms with van der Waals surface area (Å²) in [5, 5.41) is 10.9. The Balaban J connectivity index is 2.27. The van der Waals surface area contributed by atoms with Crippen molar-refractivity contribution in [3.63, 3.8) is 0 Å². The molecule has 0 amide bonds. The smallest absolute Gasteiger partial charge is 0.124 e. The maximum Gasteiger partial charge on any atom is 0.124 e. The molecule has 0 saturated heterocycles. The van der Waals surface area contributed by atoms with Gasteiger partial charge in [0.1, 0.15) is 11.6 Å². The number of halogens is 3. The number of methoxy groups -OCH3 is 1. The maximum absolute atomic E-state index is 13.1. The predicted octanol–water partition coefficient (Wildman–Crippen LogP) is 4.53. The molecule has 1 N–H and O–H groups in total. The summed E-state index contributed by atoms with van der Waals surface area (Å²) in [6.07, 6.45) is -0.453. The molecule has 0 saturated carbocycles. The molecule has 0 heterocycles. The van der Waals surface area contributed by atoms with Gasteiger partial charge in [0.25, 0.3) is 0 Å². The zero-order chi connectivity index (χ0) is 14.7. The quantitative estimate of drug-likeness (QED) is 0.869. The van der Waals surface area contributed by atoms with Gasteiger partial charge < -0.3 is 9.84 Å². The van der Waals surface area contributed by atoms with Gasteiger partial charge in [-0.2, -0.15) is 0 Å². The first-order valence-electron chi connectivity index (χ1n) is 5.96. The van der Waals surface area contributed by atoms with E-state index in [2.05, 4.69) is 15.9 Å². The topological polar surface area (TPSA) is 29.5 Å². The summed E-state index contributed by atoms with van der Waals surface area (Å²) in [5.41, 5.74) is 1.41. The van der Waals surface area contributed by atoms with Crippen LogP contribution in [0.2, 0.25) is 5.02 Å². The number of rotatable bonds is 4. The van der Waals surface area contributed by atoms with E-state index in [1.54, 1.807) is 31.4 Å². The number of hydrogen-bond acceptors (Lipinski definition) is 2. The van der Waals surface area contributed by atoms with Gasteiger partial charge in [0.05, 0.1) is 13.2 Å². The molecule has 0 aromatic heterocycles. The third-order valence-electron chi connectivity index (χ3n) is 2.98. The number of ether oxygens (including phenoxy) is 1. The summed E-state index contributed by atoms with van der Waals surface area (Å²) in [6.45, 7) is 0. The summed E-state index contributed by atoms with van der Waals surface area (Å²) in [5.74, 6) is 0.305. The van der Waals surface area contributed by atoms with Gasteiger partial charge in [-0.05, 0) is 41.5 Å². The molecule has 0 aliphatic rings. The van der Waals surface area contributed by atoms with Gasteiger partial charge in [-0.25, -0.2) is 4.39 Å². The van der Waals surface area contributed by atoms with Crippen molar-refractivity contribution in [3.05, 3.63) is 62.8 Å². The van der Waals surface area contributed by atoms with E-state index < -0.39 is 6.10 Å². The van der Waals surface area contributed by atoms with Crippen molar-refractivity contribution in [1.29, 1.82) is 0 Å². The van der Waals surface area contributed by atoms with Crippen molar-refractivity contribution in [1.82, 2.24) is 0 Å². The van der Waals surface area contributed by atoms with Crippen LogP contribution in [0, 0.1) is 5.82 Å². The van der Waals surface area contributed by atoms with Crippen LogP contribution in [0.1, 0.15) is 17.2 Å². The van der Waals surface area contributed by atoms with Crippen molar-refractivity contribution < 1.29 is 14.2 Å². The first-order chi connectivity index (χ1) is 9.51. The average Bonchev–Trinajstić information content (AvgIpc) is 2.38. The van der Waals surface area contributed by atoms with Crippen LogP contribution in [0.3, 0.4) is 0 Å². The fourth-order valence-corrected chi connectivity index (χ4v) is 2.81. The Morgan fingerprint density at radius 1 is 1.30 bits per heavy atom. The fraction of sp³-hybridized carbons (Fsp3) is 0.200. The van der Waals surface area contributed by atoms with Gasteiger partial charge in [0.2, 0.25) is 0 Å². The highest BCUT2D eigenvalue weighted by atomic mass is 79.9. The van der Waals surface area contributed by atoms with Gasteiger partial charge >= 0.3 is 0 Å². The van der Waals surface area contributed by atoms with E-state index in [1.807, 2.05) is 0 Å². The third kappa shape index (κ3) is 3.51. The Morgan fingerprint density at radius 3 is 2.70 bits per heavy atom. The summed E-state index contributed by atoms with van der Waals surface area (Å²) in [6, 6.07) is 9.43. The van der Waals surface area contributed by atoms with E-state index in [-0.39, 0.29) is 5.82 Å². The van der Waals surface area contributed by atoms with Crippen LogP contribution >= 0.6 is 27.5 Å². The molecule has 0 aliphatic heterocycles. The molecule has 0 aliphatic carbocycles. The molecule has 0 bridgehead atoms. The molecule has 1 unspecified atom stereocenters. The molecule has 0 fully saturated rings. The number of hydrogen-bond donors (Lipinski definition) is 1. The first-order valence-corrected chi connectivity index (χ1v) is 7.14. The lowest BCUT2D eigenvalue weighted by Gasteiger charge is -2.15. The second-order valence-electron chi connectivity index (χ2n) is 4.34. The Kier molecular flexibility index (Phi) is 5.02. The van der Waals surface area contributed by atoms with E-state index in [0.29, 0.717) is 27.2 Å². The molecule has 2 nitrogen and oxygen atoms in total. The molecule has 0 radical (unpaired) electrons. The molecule has 1 atom stereocenters. The number of aliphatic hydroxyl groups is 1. The Hall–Kier alpha value is -1.10. The van der Waals surface area contributed by atoms with Crippen LogP contribution in [0.15, 0.2) is 40.9 Å². The van der Waals surface area contributed by atoms with E-state index in [0.717, 1.165) is 5.56 Å². The largest absolute Gasteiger partial charge is 0.496 e. The Morgan fingerprint density at radius 2 is 2.05 bits per heavy atom. The normalized spacial score (nSPS) is 12.2. The fourth-order valence-electron chi connectivity index (χ4n) is 2.00. The van der Waals surface area contributed by atoms with Crippen molar-refractivity contribution in [2.45, 2.75) is 12.5 Å². The van der Waals surface area contributed by atoms with E-state index in [4.69, 9.17) is 16.3 Å². The van der Waals surface area contributed by atoms with Gasteiger partial charge in [-0.3, -0.25) is 0 Å². The van der Waals surface area contributed by atoms with Gasteiger partial charge in [-0.1, -0.05) is 33.6 Å². The van der Waals surface area contributed by atoms with E-state index in [1.165, 1.54) is 12.1 Å². The molecule has 2 aromatic carbocycles. The van der Waals surface area contributed by atoms with Crippen LogP contribution < -0.4 is 4.74 Å². The molecule has 2 rings (SSSR count). The molecule has 2 aromatic rings. The zero-order valence-corrected chi connectivity index (χ0v) is 13.1. The summed E-state index contributed by atoms with van der Waals surface area (Å²) >= 11 is 9.21. The lowest BCUT2D eigenvalue weighted by atomic mass is 10.0. The summed E-state index contributed by atoms with van der Waals surface area (Å²) < 4.78 is 18.8. The lowest BCUT2D eigenvalue weighted by molar-refractivity contribution is 0.176. The minimum atomic E-state index is -0.780. The van der Waals surface area contributed by atoms with Crippen LogP contribution in [0.4, 0.5) is 4.39 Å². The Labute approximate surface area is 130 Å². The first kappa shape index (κ1) is 15.3. The van der Waals surface area contributed by atoms with Crippen LogP contribution in [0.5, 0.6) is 5.75 Å². The van der Waals surface area contributed by atoms with Crippen molar-refractivity contribution in [2.24, 2.45) is 0 Å². The average molecular weight is 360 g/mol. The maximum atomic E-state index is 13.1. The molecule has 5 heteroatoms. The third-order valence-corrected chi connectivity index (χ3v) is 3.90. The lowest BCUT2D eigenvalue weighted by Crippen LogP contribution is -2.04. The number of aliphatic hydroxyl groups excluding tert-OH is 1. The van der Waals surface area contributed by atoms with Crippen LogP contribution in [-0.2, 0) is 6.42 Å². The van der Waals surface area contributed by atoms with Crippen molar-refractivity contribution >= 4 is 27.5 Å². The van der Waals surface area contributed by atoms with E-state index >= 15 is 0 Å². The summed E-state index contributed by atoms with van der Waals surface area (Å²) in [4.78, 5) is 0. The standard InChI is InChI=1S/C15H13BrClFO2/c1-20-15-5-2-10(17)6-9(15)7-14(19)12-4-3-11(18)8-13(12)16/h2-6,8,14,19H,7H2,1H3. The van der Waals surface area contributed by atoms with Gasteiger partial charge in [-0.15, -0.1) is 0 Å². The summed E-state index contributed by atoms with van der Waals surface area (Å²) in [7, 11) is 1.56. The zero-order valence-electron chi connectivity index (χ0n) is 10.7. The minimum Gasteiger partial charge on any atom is -0.496 e. The van der Waals surface area contributed by atoms with Gasteiger partial charge in [0.15, 0.2) is 0 Å². The molecule has 0 spiro atoms. The van der Waals surface area contributed by atoms with E-state index in [9.17, 15) is 9.50 Å². The molecular formula is C15H13BrClFO2. The van der Waals surface area contributed by atoms with Crippen LogP contribution in [0.25, 0.3) is 0 Å².